The van der Waals surface area contributed by atoms with Gasteiger partial charge in [-0.3, -0.25) is 4.84 Å². The van der Waals surface area contributed by atoms with Gasteiger partial charge >= 0.3 is 5.97 Å². The fraction of sp³-hybridized carbons (Fsp3) is 0.750. The molecule has 8 nitrogen and oxygen atoms in total. The maximum Gasteiger partial charge on any atom is 0.331 e. The van der Waals surface area contributed by atoms with Gasteiger partial charge < -0.3 is 5.11 Å². The van der Waals surface area contributed by atoms with E-state index in [0.29, 0.717) is 0 Å². The lowest BCUT2D eigenvalue weighted by molar-refractivity contribution is -0.143. The Labute approximate surface area is 80.8 Å². The molecule has 0 atom stereocenters. The highest BCUT2D eigenvalue weighted by Gasteiger charge is 2.18. The number of carbonyl (C=O) groups is 1. The van der Waals surface area contributed by atoms with Gasteiger partial charge in [-0.15, -0.1) is 0 Å². The number of sulfone groups is 1. The van der Waals surface area contributed by atoms with Crippen LogP contribution in [0, 0.1) is 0 Å². The average molecular weight is 247 g/mol. The number of hydrogen-bond acceptors (Lipinski definition) is 6. The quantitative estimate of drug-likeness (QED) is 0.516. The average Bonchev–Trinajstić information content (AvgIpc) is 1.78. The summed E-state index contributed by atoms with van der Waals surface area (Å²) in [6, 6.07) is 0. The van der Waals surface area contributed by atoms with Gasteiger partial charge in [0.1, 0.15) is 0 Å². The van der Waals surface area contributed by atoms with E-state index in [0.717, 1.165) is 6.26 Å². The number of rotatable bonds is 6. The maximum atomic E-state index is 10.8. The SMILES string of the molecule is CS(=O)(=O)CS(=O)(=O)NOCC(=O)O. The summed E-state index contributed by atoms with van der Waals surface area (Å²) in [5, 5.41) is 6.91. The summed E-state index contributed by atoms with van der Waals surface area (Å²) in [6.45, 7) is -0.886. The summed E-state index contributed by atoms with van der Waals surface area (Å²) in [4.78, 5) is 15.3. The minimum atomic E-state index is -4.16. The lowest BCUT2D eigenvalue weighted by Gasteiger charge is -2.03. The molecular formula is C4H9NO7S2. The highest BCUT2D eigenvalue weighted by molar-refractivity contribution is 8.06. The van der Waals surface area contributed by atoms with Crippen molar-refractivity contribution in [2.45, 2.75) is 0 Å². The molecular weight excluding hydrogens is 238 g/mol. The van der Waals surface area contributed by atoms with Crippen LogP contribution in [0.5, 0.6) is 0 Å². The van der Waals surface area contributed by atoms with E-state index >= 15 is 0 Å². The number of carboxylic acid groups (broad SMARTS) is 1. The molecule has 0 heterocycles. The van der Waals surface area contributed by atoms with Gasteiger partial charge in [0.05, 0.1) is 0 Å². The first-order valence-electron chi connectivity index (χ1n) is 3.13. The van der Waals surface area contributed by atoms with Gasteiger partial charge in [-0.2, -0.15) is 0 Å². The molecule has 10 heteroatoms. The Morgan fingerprint density at radius 1 is 1.36 bits per heavy atom. The summed E-state index contributed by atoms with van der Waals surface area (Å²) in [7, 11) is -7.87. The third-order valence-corrected chi connectivity index (χ3v) is 4.08. The highest BCUT2D eigenvalue weighted by atomic mass is 32.3. The molecule has 0 aliphatic rings. The van der Waals surface area contributed by atoms with E-state index < -0.39 is 37.5 Å². The van der Waals surface area contributed by atoms with Crippen LogP contribution in [0.1, 0.15) is 0 Å². The molecule has 84 valence electrons. The maximum absolute atomic E-state index is 10.8. The predicted molar refractivity (Wildman–Crippen MR) is 45.4 cm³/mol. The van der Waals surface area contributed by atoms with Gasteiger partial charge in [-0.25, -0.2) is 21.6 Å². The molecule has 0 aromatic carbocycles. The Bertz CT molecular complexity index is 393. The van der Waals surface area contributed by atoms with E-state index in [1.54, 1.807) is 0 Å². The van der Waals surface area contributed by atoms with Crippen LogP contribution >= 0.6 is 0 Å². The van der Waals surface area contributed by atoms with E-state index in [1.165, 1.54) is 4.89 Å². The van der Waals surface area contributed by atoms with Crippen molar-refractivity contribution in [3.8, 4) is 0 Å². The first-order chi connectivity index (χ1) is 6.12. The van der Waals surface area contributed by atoms with E-state index in [9.17, 15) is 21.6 Å². The van der Waals surface area contributed by atoms with Crippen molar-refractivity contribution in [3.63, 3.8) is 0 Å². The molecule has 0 aromatic rings. The standard InChI is InChI=1S/C4H9NO7S2/c1-13(8,9)3-14(10,11)5-12-2-4(6)7/h5H,2-3H2,1H3,(H,6,7). The molecule has 0 radical (unpaired) electrons. The Morgan fingerprint density at radius 2 is 1.86 bits per heavy atom. The topological polar surface area (TPSA) is 127 Å². The summed E-state index contributed by atoms with van der Waals surface area (Å²) in [5.41, 5.74) is 0. The second-order valence-electron chi connectivity index (χ2n) is 2.42. The Morgan fingerprint density at radius 3 is 2.21 bits per heavy atom. The zero-order valence-corrected chi connectivity index (χ0v) is 8.76. The van der Waals surface area contributed by atoms with E-state index in [2.05, 4.69) is 4.84 Å². The molecule has 0 spiro atoms. The van der Waals surface area contributed by atoms with Gasteiger partial charge in [0.2, 0.25) is 10.0 Å². The highest BCUT2D eigenvalue weighted by Crippen LogP contribution is 1.91. The molecule has 0 bridgehead atoms. The molecule has 0 aliphatic carbocycles. The minimum Gasteiger partial charge on any atom is -0.479 e. The zero-order chi connectivity index (χ0) is 11.4. The smallest absolute Gasteiger partial charge is 0.331 e. The van der Waals surface area contributed by atoms with Crippen molar-refractivity contribution >= 4 is 25.8 Å². The third-order valence-electron chi connectivity index (χ3n) is 0.751. The normalized spacial score (nSPS) is 12.6. The van der Waals surface area contributed by atoms with Crippen LogP contribution in [0.25, 0.3) is 0 Å². The molecule has 0 amide bonds. The Kier molecular flexibility index (Phi) is 4.45. The summed E-state index contributed by atoms with van der Waals surface area (Å²) in [5.74, 6) is -1.38. The van der Waals surface area contributed by atoms with Gasteiger partial charge in [-0.1, -0.05) is 4.89 Å². The molecule has 0 fully saturated rings. The Balaban J connectivity index is 4.18. The molecule has 0 saturated carbocycles. The lowest BCUT2D eigenvalue weighted by atomic mass is 10.8. The van der Waals surface area contributed by atoms with Crippen LogP contribution in [-0.2, 0) is 29.5 Å². The molecule has 2 N–H and O–H groups in total. The van der Waals surface area contributed by atoms with Crippen molar-refractivity contribution in [1.29, 1.82) is 0 Å². The fourth-order valence-corrected chi connectivity index (χ4v) is 3.17. The lowest BCUT2D eigenvalue weighted by Crippen LogP contribution is -2.31. The summed E-state index contributed by atoms with van der Waals surface area (Å²) < 4.78 is 42.7. The number of hydrogen-bond donors (Lipinski definition) is 2. The molecule has 0 rings (SSSR count). The molecule has 0 aromatic heterocycles. The van der Waals surface area contributed by atoms with Crippen molar-refractivity contribution < 1.29 is 31.6 Å². The van der Waals surface area contributed by atoms with Crippen LogP contribution in [0.15, 0.2) is 0 Å². The van der Waals surface area contributed by atoms with E-state index in [-0.39, 0.29) is 0 Å². The van der Waals surface area contributed by atoms with Crippen molar-refractivity contribution in [3.05, 3.63) is 0 Å². The van der Waals surface area contributed by atoms with E-state index in [4.69, 9.17) is 5.11 Å². The van der Waals surface area contributed by atoms with Gasteiger partial charge in [0, 0.05) is 6.26 Å². The first-order valence-corrected chi connectivity index (χ1v) is 6.84. The Hall–Kier alpha value is -0.710. The predicted octanol–water partition coefficient (Wildman–Crippen LogP) is -2.08. The molecule has 0 aliphatic heterocycles. The van der Waals surface area contributed by atoms with Crippen molar-refractivity contribution in [1.82, 2.24) is 4.89 Å². The van der Waals surface area contributed by atoms with Crippen LogP contribution in [0.3, 0.4) is 0 Å². The minimum absolute atomic E-state index is 0.726. The van der Waals surface area contributed by atoms with Crippen LogP contribution in [0.2, 0.25) is 0 Å². The van der Waals surface area contributed by atoms with Crippen LogP contribution < -0.4 is 4.89 Å². The van der Waals surface area contributed by atoms with Crippen molar-refractivity contribution in [2.24, 2.45) is 0 Å². The first kappa shape index (κ1) is 13.3. The van der Waals surface area contributed by atoms with Crippen molar-refractivity contribution in [2.75, 3.05) is 17.9 Å². The number of nitrogens with one attached hydrogen (secondary N) is 1. The fourth-order valence-electron chi connectivity index (χ4n) is 0.487. The number of aliphatic carboxylic acids is 1. The number of carboxylic acids is 1. The molecule has 0 unspecified atom stereocenters. The van der Waals surface area contributed by atoms with Crippen LogP contribution in [0.4, 0.5) is 0 Å². The van der Waals surface area contributed by atoms with Gasteiger partial charge in [-0.05, 0) is 0 Å². The zero-order valence-electron chi connectivity index (χ0n) is 7.13. The molecule has 14 heavy (non-hydrogen) atoms. The second kappa shape index (κ2) is 4.68. The summed E-state index contributed by atoms with van der Waals surface area (Å²) in [6.07, 6.45) is 0.726. The van der Waals surface area contributed by atoms with Crippen LogP contribution in [-0.4, -0.2) is 45.9 Å². The summed E-state index contributed by atoms with van der Waals surface area (Å²) >= 11 is 0. The second-order valence-corrected chi connectivity index (χ2v) is 6.61. The largest absolute Gasteiger partial charge is 0.479 e. The van der Waals surface area contributed by atoms with Gasteiger partial charge in [0.25, 0.3) is 0 Å². The molecule has 0 saturated heterocycles. The van der Waals surface area contributed by atoms with Gasteiger partial charge in [0.15, 0.2) is 21.5 Å². The third kappa shape index (κ3) is 7.91. The van der Waals surface area contributed by atoms with E-state index in [1.807, 2.05) is 0 Å². The number of sulfonamides is 1. The monoisotopic (exact) mass is 247 g/mol.